The molecular formula is C21H33N3O2. The summed E-state index contributed by atoms with van der Waals surface area (Å²) >= 11 is 0. The smallest absolute Gasteiger partial charge is 0.416 e. The van der Waals surface area contributed by atoms with Gasteiger partial charge in [0.1, 0.15) is 11.4 Å². The lowest BCUT2D eigenvalue weighted by atomic mass is 9.91. The number of ether oxygens (including phenoxy) is 1. The fraction of sp³-hybridized carbons (Fsp3) is 0.714. The van der Waals surface area contributed by atoms with Crippen LogP contribution >= 0.6 is 0 Å². The first kappa shape index (κ1) is 19.2. The summed E-state index contributed by atoms with van der Waals surface area (Å²) in [4.78, 5) is 21.7. The summed E-state index contributed by atoms with van der Waals surface area (Å²) in [5.74, 6) is 0.714. The first-order chi connectivity index (χ1) is 12.4. The molecular weight excluding hydrogens is 326 g/mol. The third kappa shape index (κ3) is 4.37. The minimum Gasteiger partial charge on any atom is -0.443 e. The molecule has 1 saturated carbocycles. The average Bonchev–Trinajstić information content (AvgIpc) is 2.56. The van der Waals surface area contributed by atoms with Gasteiger partial charge in [0.25, 0.3) is 0 Å². The Balaban J connectivity index is 1.78. The Morgan fingerprint density at radius 3 is 2.54 bits per heavy atom. The predicted octanol–water partition coefficient (Wildman–Crippen LogP) is 4.92. The summed E-state index contributed by atoms with van der Waals surface area (Å²) in [6.07, 6.45) is 8.63. The van der Waals surface area contributed by atoms with Crippen LogP contribution in [0.4, 0.5) is 10.6 Å². The largest absolute Gasteiger partial charge is 0.443 e. The fourth-order valence-electron chi connectivity index (χ4n) is 3.87. The molecule has 5 nitrogen and oxygen atoms in total. The van der Waals surface area contributed by atoms with Crippen LogP contribution in [0.5, 0.6) is 0 Å². The van der Waals surface area contributed by atoms with E-state index < -0.39 is 5.60 Å². The molecule has 2 fully saturated rings. The van der Waals surface area contributed by atoms with Gasteiger partial charge in [0.15, 0.2) is 0 Å². The summed E-state index contributed by atoms with van der Waals surface area (Å²) in [6, 6.07) is 4.82. The van der Waals surface area contributed by atoms with Crippen LogP contribution in [0.1, 0.15) is 77.8 Å². The molecule has 1 saturated heterocycles. The van der Waals surface area contributed by atoms with Crippen LogP contribution in [0.25, 0.3) is 0 Å². The van der Waals surface area contributed by atoms with Crippen molar-refractivity contribution in [1.82, 2.24) is 9.88 Å². The van der Waals surface area contributed by atoms with Crippen molar-refractivity contribution >= 4 is 11.9 Å². The number of likely N-dealkylation sites (tertiary alicyclic amines) is 1. The van der Waals surface area contributed by atoms with Gasteiger partial charge in [0.2, 0.25) is 0 Å². The standard InChI is InChI=1S/C21H33N3O2/c1-5-23-14-7-6-11-18(23)16-12-13-19(22-15-16)24(17-9-8-10-17)20(25)26-21(2,3)4/h12-13,15,17-18H,5-11,14H2,1-4H3/t18-/m0/s1. The monoisotopic (exact) mass is 359 g/mol. The number of anilines is 1. The van der Waals surface area contributed by atoms with E-state index in [4.69, 9.17) is 4.74 Å². The summed E-state index contributed by atoms with van der Waals surface area (Å²) in [6.45, 7) is 10.2. The summed E-state index contributed by atoms with van der Waals surface area (Å²) in [5.41, 5.74) is 0.760. The maximum atomic E-state index is 12.7. The molecule has 0 N–H and O–H groups in total. The van der Waals surface area contributed by atoms with Crippen LogP contribution in [0.15, 0.2) is 18.3 Å². The molecule has 0 spiro atoms. The van der Waals surface area contributed by atoms with E-state index in [2.05, 4.69) is 22.9 Å². The van der Waals surface area contributed by atoms with E-state index in [-0.39, 0.29) is 12.1 Å². The SMILES string of the molecule is CCN1CCCC[C@H]1c1ccc(N(C(=O)OC(C)(C)C)C2CCC2)nc1. The van der Waals surface area contributed by atoms with Crippen molar-refractivity contribution in [3.05, 3.63) is 23.9 Å². The number of amides is 1. The highest BCUT2D eigenvalue weighted by atomic mass is 16.6. The number of aromatic nitrogens is 1. The summed E-state index contributed by atoms with van der Waals surface area (Å²) in [7, 11) is 0. The zero-order chi connectivity index (χ0) is 18.7. The molecule has 5 heteroatoms. The van der Waals surface area contributed by atoms with Crippen molar-refractivity contribution < 1.29 is 9.53 Å². The third-order valence-electron chi connectivity index (χ3n) is 5.45. The molecule has 1 aromatic rings. The maximum absolute atomic E-state index is 12.7. The van der Waals surface area contributed by atoms with Crippen molar-refractivity contribution in [2.75, 3.05) is 18.0 Å². The lowest BCUT2D eigenvalue weighted by molar-refractivity contribution is 0.0548. The Kier molecular flexibility index (Phi) is 5.86. The highest BCUT2D eigenvalue weighted by Gasteiger charge is 2.34. The Morgan fingerprint density at radius 1 is 1.23 bits per heavy atom. The number of hydrogen-bond acceptors (Lipinski definition) is 4. The highest BCUT2D eigenvalue weighted by molar-refractivity contribution is 5.87. The first-order valence-electron chi connectivity index (χ1n) is 10.1. The molecule has 0 bridgehead atoms. The van der Waals surface area contributed by atoms with Gasteiger partial charge in [-0.15, -0.1) is 0 Å². The fourth-order valence-corrected chi connectivity index (χ4v) is 3.87. The van der Waals surface area contributed by atoms with E-state index in [0.29, 0.717) is 11.9 Å². The van der Waals surface area contributed by atoms with E-state index in [1.165, 1.54) is 24.8 Å². The topological polar surface area (TPSA) is 45.7 Å². The van der Waals surface area contributed by atoms with Crippen LogP contribution in [0.3, 0.4) is 0 Å². The van der Waals surface area contributed by atoms with E-state index in [9.17, 15) is 4.79 Å². The van der Waals surface area contributed by atoms with E-state index >= 15 is 0 Å². The van der Waals surface area contributed by atoms with Gasteiger partial charge in [0, 0.05) is 18.3 Å². The zero-order valence-corrected chi connectivity index (χ0v) is 16.7. The first-order valence-corrected chi connectivity index (χ1v) is 10.1. The number of rotatable bonds is 4. The molecule has 2 heterocycles. The van der Waals surface area contributed by atoms with Gasteiger partial charge in [-0.1, -0.05) is 19.4 Å². The second kappa shape index (κ2) is 7.95. The van der Waals surface area contributed by atoms with E-state index in [1.807, 2.05) is 33.0 Å². The van der Waals surface area contributed by atoms with Gasteiger partial charge in [-0.25, -0.2) is 9.78 Å². The second-order valence-electron chi connectivity index (χ2n) is 8.52. The molecule has 2 aliphatic rings. The van der Waals surface area contributed by atoms with E-state index in [0.717, 1.165) is 32.4 Å². The summed E-state index contributed by atoms with van der Waals surface area (Å²) < 4.78 is 5.63. The quantitative estimate of drug-likeness (QED) is 0.765. The molecule has 1 aliphatic carbocycles. The Bertz CT molecular complexity index is 605. The Morgan fingerprint density at radius 2 is 2.00 bits per heavy atom. The van der Waals surface area contributed by atoms with Crippen LogP contribution in [-0.2, 0) is 4.74 Å². The van der Waals surface area contributed by atoms with Crippen molar-refractivity contribution in [3.8, 4) is 0 Å². The van der Waals surface area contributed by atoms with Crippen LogP contribution in [0.2, 0.25) is 0 Å². The molecule has 0 radical (unpaired) electrons. The second-order valence-corrected chi connectivity index (χ2v) is 8.52. The highest BCUT2D eigenvalue weighted by Crippen LogP contribution is 2.33. The predicted molar refractivity (Wildman–Crippen MR) is 104 cm³/mol. The Labute approximate surface area is 157 Å². The third-order valence-corrected chi connectivity index (χ3v) is 5.45. The lowest BCUT2D eigenvalue weighted by Gasteiger charge is -2.38. The van der Waals surface area contributed by atoms with Crippen LogP contribution in [0, 0.1) is 0 Å². The van der Waals surface area contributed by atoms with Gasteiger partial charge < -0.3 is 4.74 Å². The number of carbonyl (C=O) groups excluding carboxylic acids is 1. The number of hydrogen-bond donors (Lipinski definition) is 0. The molecule has 1 aliphatic heterocycles. The normalized spacial score (nSPS) is 21.9. The van der Waals surface area contributed by atoms with Crippen LogP contribution in [-0.4, -0.2) is 40.7 Å². The number of pyridine rings is 1. The van der Waals surface area contributed by atoms with Crippen LogP contribution < -0.4 is 4.90 Å². The summed E-state index contributed by atoms with van der Waals surface area (Å²) in [5, 5.41) is 0. The molecule has 0 aromatic carbocycles. The number of piperidine rings is 1. The molecule has 1 amide bonds. The maximum Gasteiger partial charge on any atom is 0.416 e. The van der Waals surface area contributed by atoms with Crippen molar-refractivity contribution in [1.29, 1.82) is 0 Å². The zero-order valence-electron chi connectivity index (χ0n) is 16.7. The molecule has 26 heavy (non-hydrogen) atoms. The van der Waals surface area contributed by atoms with Crippen molar-refractivity contribution in [2.24, 2.45) is 0 Å². The van der Waals surface area contributed by atoms with Gasteiger partial charge in [0.05, 0.1) is 0 Å². The molecule has 0 unspecified atom stereocenters. The average molecular weight is 360 g/mol. The molecule has 144 valence electrons. The van der Waals surface area contributed by atoms with Gasteiger partial charge in [-0.3, -0.25) is 9.80 Å². The number of carbonyl (C=O) groups is 1. The molecule has 3 rings (SSSR count). The minimum absolute atomic E-state index is 0.213. The van der Waals surface area contributed by atoms with Gasteiger partial charge >= 0.3 is 6.09 Å². The Hall–Kier alpha value is -1.62. The van der Waals surface area contributed by atoms with Crippen molar-refractivity contribution in [2.45, 2.75) is 83.9 Å². The van der Waals surface area contributed by atoms with Gasteiger partial charge in [-0.2, -0.15) is 0 Å². The van der Waals surface area contributed by atoms with E-state index in [1.54, 1.807) is 4.90 Å². The van der Waals surface area contributed by atoms with Gasteiger partial charge in [-0.05, 0) is 77.6 Å². The van der Waals surface area contributed by atoms with Crippen molar-refractivity contribution in [3.63, 3.8) is 0 Å². The molecule has 1 atom stereocenters. The minimum atomic E-state index is -0.497. The number of nitrogens with zero attached hydrogens (tertiary/aromatic N) is 3. The lowest BCUT2D eigenvalue weighted by Crippen LogP contribution is -2.47. The molecule has 1 aromatic heterocycles.